The average molecular weight is 305 g/mol. The van der Waals surface area contributed by atoms with Crippen molar-refractivity contribution in [1.82, 2.24) is 9.88 Å². The molecule has 1 aromatic heterocycles. The molecule has 0 spiro atoms. The second-order valence-electron chi connectivity index (χ2n) is 5.91. The largest absolute Gasteiger partial charge is 0.346 e. The van der Waals surface area contributed by atoms with E-state index >= 15 is 0 Å². The lowest BCUT2D eigenvalue weighted by molar-refractivity contribution is 0.554. The topological polar surface area (TPSA) is 17.0 Å². The molecule has 1 heterocycles. The van der Waals surface area contributed by atoms with E-state index in [1.807, 2.05) is 11.8 Å². The van der Waals surface area contributed by atoms with Crippen molar-refractivity contribution in [2.45, 2.75) is 33.7 Å². The number of fused-ring (bicyclic) bond motifs is 1. The van der Waals surface area contributed by atoms with Gasteiger partial charge in [0.25, 0.3) is 0 Å². The van der Waals surface area contributed by atoms with Crippen molar-refractivity contribution >= 4 is 22.7 Å². The highest BCUT2D eigenvalue weighted by molar-refractivity contribution is 7.99. The molecule has 0 amide bonds. The van der Waals surface area contributed by atoms with Crippen LogP contribution in [0.3, 0.4) is 0 Å². The molecule has 21 heavy (non-hydrogen) atoms. The zero-order valence-corrected chi connectivity index (χ0v) is 14.4. The number of hydrogen-bond acceptors (Lipinski definition) is 2. The van der Waals surface area contributed by atoms with Gasteiger partial charge in [-0.05, 0) is 42.8 Å². The third-order valence-corrected chi connectivity index (χ3v) is 4.55. The molecule has 0 atom stereocenters. The minimum Gasteiger partial charge on any atom is -0.346 e. The summed E-state index contributed by atoms with van der Waals surface area (Å²) < 4.78 is 2.43. The fourth-order valence-corrected chi connectivity index (χ4v) is 3.24. The average Bonchev–Trinajstić information content (AvgIpc) is 2.82. The van der Waals surface area contributed by atoms with Crippen LogP contribution in [-0.2, 0) is 13.0 Å². The summed E-state index contributed by atoms with van der Waals surface area (Å²) >= 11 is 2.01. The monoisotopic (exact) mass is 304 g/mol. The Balaban J connectivity index is 2.04. The van der Waals surface area contributed by atoms with Gasteiger partial charge in [-0.1, -0.05) is 39.0 Å². The van der Waals surface area contributed by atoms with Crippen molar-refractivity contribution in [3.8, 4) is 0 Å². The smallest absolute Gasteiger partial charge is 0.0483 e. The maximum atomic E-state index is 3.55. The Bertz CT molecular complexity index is 545. The molecule has 2 rings (SSSR count). The van der Waals surface area contributed by atoms with Crippen LogP contribution in [0.4, 0.5) is 0 Å². The molecule has 116 valence electrons. The Hall–Kier alpha value is -0.930. The van der Waals surface area contributed by atoms with Gasteiger partial charge >= 0.3 is 0 Å². The van der Waals surface area contributed by atoms with E-state index in [1.165, 1.54) is 28.0 Å². The van der Waals surface area contributed by atoms with Crippen molar-refractivity contribution in [3.05, 3.63) is 36.0 Å². The molecule has 0 aliphatic heterocycles. The van der Waals surface area contributed by atoms with Crippen molar-refractivity contribution in [2.24, 2.45) is 5.92 Å². The maximum absolute atomic E-state index is 3.55. The van der Waals surface area contributed by atoms with Crippen LogP contribution >= 0.6 is 11.8 Å². The van der Waals surface area contributed by atoms with E-state index < -0.39 is 0 Å². The maximum Gasteiger partial charge on any atom is 0.0483 e. The molecule has 2 nitrogen and oxygen atoms in total. The first-order valence-corrected chi connectivity index (χ1v) is 9.23. The summed E-state index contributed by atoms with van der Waals surface area (Å²) in [5.74, 6) is 3.11. The van der Waals surface area contributed by atoms with Gasteiger partial charge in [0.1, 0.15) is 0 Å². The SMILES string of the molecule is CCSCCn1cc(CCNCC(C)C)c2ccccc21. The predicted molar refractivity (Wildman–Crippen MR) is 96.3 cm³/mol. The van der Waals surface area contributed by atoms with Crippen molar-refractivity contribution in [2.75, 3.05) is 24.6 Å². The fraction of sp³-hybridized carbons (Fsp3) is 0.556. The zero-order chi connectivity index (χ0) is 15.1. The summed E-state index contributed by atoms with van der Waals surface area (Å²) in [7, 11) is 0. The van der Waals surface area contributed by atoms with E-state index in [9.17, 15) is 0 Å². The highest BCUT2D eigenvalue weighted by atomic mass is 32.2. The van der Waals surface area contributed by atoms with Gasteiger partial charge in [0.15, 0.2) is 0 Å². The minimum absolute atomic E-state index is 0.720. The van der Waals surface area contributed by atoms with Gasteiger partial charge in [-0.25, -0.2) is 0 Å². The summed E-state index contributed by atoms with van der Waals surface area (Å²) in [6, 6.07) is 8.80. The first kappa shape index (κ1) is 16.4. The third-order valence-electron chi connectivity index (χ3n) is 3.68. The Kier molecular flexibility index (Phi) is 6.65. The van der Waals surface area contributed by atoms with E-state index in [2.05, 4.69) is 61.1 Å². The first-order chi connectivity index (χ1) is 10.2. The van der Waals surface area contributed by atoms with Gasteiger partial charge < -0.3 is 9.88 Å². The van der Waals surface area contributed by atoms with Crippen molar-refractivity contribution in [1.29, 1.82) is 0 Å². The molecular weight excluding hydrogens is 276 g/mol. The molecular formula is C18H28N2S. The molecule has 0 unspecified atom stereocenters. The Morgan fingerprint density at radius 1 is 1.24 bits per heavy atom. The van der Waals surface area contributed by atoms with Crippen molar-refractivity contribution < 1.29 is 0 Å². The molecule has 0 radical (unpaired) electrons. The summed E-state index contributed by atoms with van der Waals surface area (Å²) in [6.07, 6.45) is 3.47. The van der Waals surface area contributed by atoms with Crippen LogP contribution in [0.2, 0.25) is 0 Å². The first-order valence-electron chi connectivity index (χ1n) is 8.07. The molecule has 0 bridgehead atoms. The number of aromatic nitrogens is 1. The van der Waals surface area contributed by atoms with E-state index in [4.69, 9.17) is 0 Å². The Labute approximate surface area is 133 Å². The predicted octanol–water partition coefficient (Wildman–Crippen LogP) is 4.18. The van der Waals surface area contributed by atoms with Crippen LogP contribution in [0.5, 0.6) is 0 Å². The number of nitrogens with zero attached hydrogens (tertiary/aromatic N) is 1. The van der Waals surface area contributed by atoms with Crippen LogP contribution in [0.1, 0.15) is 26.3 Å². The molecule has 0 saturated carbocycles. The van der Waals surface area contributed by atoms with Crippen molar-refractivity contribution in [3.63, 3.8) is 0 Å². The normalized spacial score (nSPS) is 11.6. The van der Waals surface area contributed by atoms with Gasteiger partial charge in [-0.15, -0.1) is 0 Å². The Morgan fingerprint density at radius 2 is 2.05 bits per heavy atom. The second kappa shape index (κ2) is 8.50. The molecule has 2 aromatic rings. The summed E-state index contributed by atoms with van der Waals surface area (Å²) in [6.45, 7) is 10.0. The van der Waals surface area contributed by atoms with E-state index in [0.717, 1.165) is 32.0 Å². The van der Waals surface area contributed by atoms with Crippen LogP contribution in [0, 0.1) is 5.92 Å². The second-order valence-corrected chi connectivity index (χ2v) is 7.30. The lowest BCUT2D eigenvalue weighted by Gasteiger charge is -2.06. The van der Waals surface area contributed by atoms with Gasteiger partial charge in [0, 0.05) is 29.4 Å². The quantitative estimate of drug-likeness (QED) is 0.700. The molecule has 1 aromatic carbocycles. The van der Waals surface area contributed by atoms with Crippen LogP contribution in [0.15, 0.2) is 30.5 Å². The number of aryl methyl sites for hydroxylation is 1. The van der Waals surface area contributed by atoms with Crippen LogP contribution < -0.4 is 5.32 Å². The number of hydrogen-bond donors (Lipinski definition) is 1. The highest BCUT2D eigenvalue weighted by Gasteiger charge is 2.07. The fourth-order valence-electron chi connectivity index (χ4n) is 2.63. The number of thioether (sulfide) groups is 1. The standard InChI is InChI=1S/C18H28N2S/c1-4-21-12-11-20-14-16(9-10-19-13-15(2)3)17-7-5-6-8-18(17)20/h5-8,14-15,19H,4,9-13H2,1-3H3. The molecule has 3 heteroatoms. The molecule has 1 N–H and O–H groups in total. The summed E-state index contributed by atoms with van der Waals surface area (Å²) in [5.41, 5.74) is 2.86. The van der Waals surface area contributed by atoms with Gasteiger partial charge in [-0.3, -0.25) is 0 Å². The summed E-state index contributed by atoms with van der Waals surface area (Å²) in [5, 5.41) is 4.97. The van der Waals surface area contributed by atoms with E-state index in [0.29, 0.717) is 0 Å². The number of para-hydroxylation sites is 1. The van der Waals surface area contributed by atoms with Gasteiger partial charge in [0.2, 0.25) is 0 Å². The van der Waals surface area contributed by atoms with Crippen LogP contribution in [-0.4, -0.2) is 29.2 Å². The highest BCUT2D eigenvalue weighted by Crippen LogP contribution is 2.22. The number of rotatable bonds is 9. The molecule has 0 aliphatic rings. The number of benzene rings is 1. The third kappa shape index (κ3) is 4.79. The van der Waals surface area contributed by atoms with E-state index in [-0.39, 0.29) is 0 Å². The lowest BCUT2D eigenvalue weighted by Crippen LogP contribution is -2.22. The molecule has 0 saturated heterocycles. The van der Waals surface area contributed by atoms with Crippen LogP contribution in [0.25, 0.3) is 10.9 Å². The lowest BCUT2D eigenvalue weighted by atomic mass is 10.1. The summed E-state index contributed by atoms with van der Waals surface area (Å²) in [4.78, 5) is 0. The minimum atomic E-state index is 0.720. The number of nitrogens with one attached hydrogen (secondary N) is 1. The van der Waals surface area contributed by atoms with Gasteiger partial charge in [0.05, 0.1) is 0 Å². The molecule has 0 aliphatic carbocycles. The zero-order valence-electron chi connectivity index (χ0n) is 13.6. The molecule has 0 fully saturated rings. The van der Waals surface area contributed by atoms with E-state index in [1.54, 1.807) is 0 Å². The Morgan fingerprint density at radius 3 is 2.81 bits per heavy atom. The van der Waals surface area contributed by atoms with Gasteiger partial charge in [-0.2, -0.15) is 11.8 Å².